The van der Waals surface area contributed by atoms with Gasteiger partial charge < -0.3 is 14.6 Å². The van der Waals surface area contributed by atoms with Crippen molar-refractivity contribution in [2.75, 3.05) is 36.4 Å². The minimum atomic E-state index is -0.213. The molecule has 2 saturated heterocycles. The number of aryl methyl sites for hydroxylation is 1. The summed E-state index contributed by atoms with van der Waals surface area (Å²) in [6.07, 6.45) is 4.79. The minimum Gasteiger partial charge on any atom is -0.455 e. The zero-order valence-corrected chi connectivity index (χ0v) is 17.2. The molecule has 2 aliphatic heterocycles. The predicted octanol–water partition coefficient (Wildman–Crippen LogP) is 3.41. The summed E-state index contributed by atoms with van der Waals surface area (Å²) in [5.41, 5.74) is 1.74. The summed E-state index contributed by atoms with van der Waals surface area (Å²) in [6, 6.07) is 3.70. The summed E-state index contributed by atoms with van der Waals surface area (Å²) in [5.74, 6) is 2.66. The molecule has 0 bridgehead atoms. The Morgan fingerprint density at radius 1 is 1.21 bits per heavy atom. The molecule has 7 nitrogen and oxygen atoms in total. The number of carbonyl (C=O) groups excluding carboxylic acids is 1. The van der Waals surface area contributed by atoms with Crippen molar-refractivity contribution >= 4 is 17.4 Å². The molecule has 28 heavy (non-hydrogen) atoms. The van der Waals surface area contributed by atoms with Crippen molar-refractivity contribution in [3.05, 3.63) is 29.3 Å². The molecule has 152 valence electrons. The van der Waals surface area contributed by atoms with Gasteiger partial charge >= 0.3 is 0 Å². The first-order valence-corrected chi connectivity index (χ1v) is 10.4. The third kappa shape index (κ3) is 3.94. The fraction of sp³-hybridized carbons (Fsp3) is 0.619. The highest BCUT2D eigenvalue weighted by atomic mass is 16.4. The molecule has 4 rings (SSSR count). The monoisotopic (exact) mass is 385 g/mol. The predicted molar refractivity (Wildman–Crippen MR) is 110 cm³/mol. The average Bonchev–Trinajstić information content (AvgIpc) is 3.41. The van der Waals surface area contributed by atoms with Crippen molar-refractivity contribution in [3.8, 4) is 0 Å². The van der Waals surface area contributed by atoms with Gasteiger partial charge in [-0.15, -0.1) is 0 Å². The number of piperidine rings is 1. The van der Waals surface area contributed by atoms with Crippen LogP contribution in [0.1, 0.15) is 54.6 Å². The zero-order valence-electron chi connectivity index (χ0n) is 17.2. The first-order valence-electron chi connectivity index (χ1n) is 10.4. The number of nitrogens with one attached hydrogen (secondary N) is 1. The van der Waals surface area contributed by atoms with Crippen LogP contribution in [0.25, 0.3) is 0 Å². The summed E-state index contributed by atoms with van der Waals surface area (Å²) in [6.45, 7) is 9.22. The Balaban J connectivity index is 1.44. The third-order valence-electron chi connectivity index (χ3n) is 6.10. The van der Waals surface area contributed by atoms with E-state index in [1.165, 1.54) is 25.7 Å². The number of furan rings is 1. The molecule has 0 aromatic carbocycles. The van der Waals surface area contributed by atoms with E-state index in [1.54, 1.807) is 6.07 Å². The largest absolute Gasteiger partial charge is 0.455 e. The lowest BCUT2D eigenvalue weighted by atomic mass is 9.99. The molecule has 2 aliphatic rings. The van der Waals surface area contributed by atoms with E-state index >= 15 is 0 Å². The first kappa shape index (κ1) is 19.1. The molecule has 1 amide bonds. The van der Waals surface area contributed by atoms with Crippen LogP contribution in [0, 0.1) is 12.8 Å². The highest BCUT2D eigenvalue weighted by Crippen LogP contribution is 2.31. The van der Waals surface area contributed by atoms with Crippen molar-refractivity contribution in [1.82, 2.24) is 14.7 Å². The van der Waals surface area contributed by atoms with Crippen molar-refractivity contribution in [2.24, 2.45) is 13.0 Å². The number of nitrogens with zero attached hydrogens (tertiary/aromatic N) is 4. The smallest absolute Gasteiger partial charge is 0.291 e. The normalized spacial score (nSPS) is 18.8. The highest BCUT2D eigenvalue weighted by Gasteiger charge is 2.24. The maximum Gasteiger partial charge on any atom is 0.291 e. The second kappa shape index (κ2) is 7.99. The topological polar surface area (TPSA) is 66.5 Å². The van der Waals surface area contributed by atoms with Crippen molar-refractivity contribution in [3.63, 3.8) is 0 Å². The molecule has 0 unspecified atom stereocenters. The first-order chi connectivity index (χ1) is 13.5. The Bertz CT molecular complexity index is 826. The van der Waals surface area contributed by atoms with Gasteiger partial charge in [-0.25, -0.2) is 0 Å². The van der Waals surface area contributed by atoms with Gasteiger partial charge in [-0.3, -0.25) is 14.4 Å². The Hall–Kier alpha value is -2.28. The lowest BCUT2D eigenvalue weighted by molar-refractivity contribution is 0.0991. The maximum absolute atomic E-state index is 12.8. The number of carbonyl (C=O) groups is 1. The second-order valence-corrected chi connectivity index (χ2v) is 8.28. The van der Waals surface area contributed by atoms with Crippen molar-refractivity contribution in [1.29, 1.82) is 0 Å². The quantitative estimate of drug-likeness (QED) is 0.854. The molecular weight excluding hydrogens is 354 g/mol. The van der Waals surface area contributed by atoms with Crippen molar-refractivity contribution in [2.45, 2.75) is 46.1 Å². The van der Waals surface area contributed by atoms with Crippen LogP contribution in [-0.4, -0.2) is 46.8 Å². The Morgan fingerprint density at radius 2 is 1.93 bits per heavy atom. The van der Waals surface area contributed by atoms with Gasteiger partial charge in [-0.05, 0) is 63.7 Å². The van der Waals surface area contributed by atoms with E-state index in [0.29, 0.717) is 5.76 Å². The van der Waals surface area contributed by atoms with Crippen LogP contribution in [0.4, 0.5) is 11.5 Å². The molecule has 2 fully saturated rings. The van der Waals surface area contributed by atoms with Crippen LogP contribution in [0.15, 0.2) is 16.5 Å². The van der Waals surface area contributed by atoms with Gasteiger partial charge in [0.05, 0.1) is 12.2 Å². The van der Waals surface area contributed by atoms with Gasteiger partial charge in [-0.1, -0.05) is 6.92 Å². The molecular formula is C21H31N5O2. The number of aromatic nitrogens is 2. The molecule has 0 saturated carbocycles. The summed E-state index contributed by atoms with van der Waals surface area (Å²) in [7, 11) is 1.91. The van der Waals surface area contributed by atoms with Gasteiger partial charge in [0.2, 0.25) is 0 Å². The van der Waals surface area contributed by atoms with Crippen molar-refractivity contribution < 1.29 is 9.21 Å². The summed E-state index contributed by atoms with van der Waals surface area (Å²) < 4.78 is 7.69. The van der Waals surface area contributed by atoms with Crippen LogP contribution < -0.4 is 10.2 Å². The number of amides is 1. The van der Waals surface area contributed by atoms with E-state index in [9.17, 15) is 4.79 Å². The molecule has 2 aromatic heterocycles. The number of likely N-dealkylation sites (tertiary alicyclic amines) is 1. The van der Waals surface area contributed by atoms with E-state index in [2.05, 4.69) is 27.1 Å². The Morgan fingerprint density at radius 3 is 2.64 bits per heavy atom. The van der Waals surface area contributed by atoms with E-state index in [1.807, 2.05) is 24.7 Å². The fourth-order valence-corrected chi connectivity index (χ4v) is 4.09. The van der Waals surface area contributed by atoms with E-state index in [-0.39, 0.29) is 5.91 Å². The highest BCUT2D eigenvalue weighted by molar-refractivity contribution is 6.04. The molecule has 1 N–H and O–H groups in total. The Labute approximate surface area is 166 Å². The van der Waals surface area contributed by atoms with Crippen LogP contribution >= 0.6 is 0 Å². The molecule has 0 spiro atoms. The standard InChI is InChI=1S/C21H31N5O2/c1-15-8-12-25(13-9-15)14-17-6-7-18(28-17)21(27)22-19-16(2)24(3)23-20(19)26-10-4-5-11-26/h6-7,15H,4-5,8-14H2,1-3H3,(H,22,27). The van der Waals surface area contributed by atoms with Gasteiger partial charge in [0, 0.05) is 20.1 Å². The number of hydrogen-bond acceptors (Lipinski definition) is 5. The summed E-state index contributed by atoms with van der Waals surface area (Å²) >= 11 is 0. The van der Waals surface area contributed by atoms with Crippen LogP contribution in [0.2, 0.25) is 0 Å². The summed E-state index contributed by atoms with van der Waals surface area (Å²) in [4.78, 5) is 17.5. The molecule has 0 radical (unpaired) electrons. The second-order valence-electron chi connectivity index (χ2n) is 8.28. The lowest BCUT2D eigenvalue weighted by Crippen LogP contribution is -2.32. The lowest BCUT2D eigenvalue weighted by Gasteiger charge is -2.29. The zero-order chi connectivity index (χ0) is 19.7. The summed E-state index contributed by atoms with van der Waals surface area (Å²) in [5, 5.41) is 7.66. The Kier molecular flexibility index (Phi) is 5.44. The maximum atomic E-state index is 12.8. The molecule has 0 aliphatic carbocycles. The number of anilines is 2. The van der Waals surface area contributed by atoms with Crippen LogP contribution in [0.5, 0.6) is 0 Å². The SMILES string of the molecule is Cc1c(NC(=O)c2ccc(CN3CCC(C)CC3)o2)c(N2CCCC2)nn1C. The van der Waals surface area contributed by atoms with E-state index < -0.39 is 0 Å². The average molecular weight is 386 g/mol. The molecule has 0 atom stereocenters. The van der Waals surface area contributed by atoms with E-state index in [4.69, 9.17) is 4.42 Å². The minimum absolute atomic E-state index is 0.213. The molecule has 7 heteroatoms. The van der Waals surface area contributed by atoms with E-state index in [0.717, 1.165) is 61.6 Å². The fourth-order valence-electron chi connectivity index (χ4n) is 4.09. The van der Waals surface area contributed by atoms with Gasteiger partial charge in [0.15, 0.2) is 11.6 Å². The van der Waals surface area contributed by atoms with Crippen LogP contribution in [0.3, 0.4) is 0 Å². The molecule has 4 heterocycles. The number of rotatable bonds is 5. The molecule has 2 aromatic rings. The van der Waals surface area contributed by atoms with Gasteiger partial charge in [0.1, 0.15) is 11.4 Å². The number of hydrogen-bond donors (Lipinski definition) is 1. The van der Waals surface area contributed by atoms with Crippen LogP contribution in [-0.2, 0) is 13.6 Å². The van der Waals surface area contributed by atoms with Gasteiger partial charge in [0.25, 0.3) is 5.91 Å². The third-order valence-corrected chi connectivity index (χ3v) is 6.10. The van der Waals surface area contributed by atoms with Gasteiger partial charge in [-0.2, -0.15) is 5.10 Å².